The number of amides is 2. The summed E-state index contributed by atoms with van der Waals surface area (Å²) >= 11 is 12.9. The van der Waals surface area contributed by atoms with E-state index in [9.17, 15) is 14.0 Å². The minimum absolute atomic E-state index is 0.00532. The van der Waals surface area contributed by atoms with Gasteiger partial charge < -0.3 is 5.32 Å². The van der Waals surface area contributed by atoms with E-state index in [0.717, 1.165) is 11.1 Å². The van der Waals surface area contributed by atoms with Crippen LogP contribution in [0.3, 0.4) is 0 Å². The second kappa shape index (κ2) is 10.5. The molecule has 0 spiro atoms. The van der Waals surface area contributed by atoms with E-state index in [4.69, 9.17) is 23.2 Å². The zero-order chi connectivity index (χ0) is 27.8. The molecular weight excluding hydrogens is 542 g/mol. The van der Waals surface area contributed by atoms with E-state index in [0.29, 0.717) is 33.4 Å². The van der Waals surface area contributed by atoms with Gasteiger partial charge in [-0.15, -0.1) is 0 Å². The molecule has 0 saturated carbocycles. The highest BCUT2D eigenvalue weighted by Gasteiger charge is 2.22. The Bertz CT molecular complexity index is 1810. The van der Waals surface area contributed by atoms with Crippen molar-refractivity contribution < 1.29 is 14.0 Å². The molecule has 8 nitrogen and oxygen atoms in total. The quantitative estimate of drug-likeness (QED) is 0.367. The second-order valence-electron chi connectivity index (χ2n) is 8.99. The number of rotatable bonds is 5. The highest BCUT2D eigenvalue weighted by molar-refractivity contribution is 6.40. The van der Waals surface area contributed by atoms with Gasteiger partial charge >= 0.3 is 0 Å². The Morgan fingerprint density at radius 1 is 0.974 bits per heavy atom. The molecule has 0 unspecified atom stereocenters. The largest absolute Gasteiger partial charge is 0.348 e. The van der Waals surface area contributed by atoms with Gasteiger partial charge in [0.05, 0.1) is 32.0 Å². The monoisotopic (exact) mass is 562 g/mol. The molecule has 0 atom stereocenters. The second-order valence-corrected chi connectivity index (χ2v) is 9.81. The van der Waals surface area contributed by atoms with Crippen molar-refractivity contribution in [2.75, 3.05) is 6.54 Å². The highest BCUT2D eigenvalue weighted by Crippen LogP contribution is 2.29. The number of benzene rings is 3. The molecule has 2 amide bonds. The van der Waals surface area contributed by atoms with Gasteiger partial charge in [-0.2, -0.15) is 5.10 Å². The average Bonchev–Trinajstić information content (AvgIpc) is 3.31. The first-order valence-corrected chi connectivity index (χ1v) is 12.6. The summed E-state index contributed by atoms with van der Waals surface area (Å²) in [7, 11) is 0. The third-order valence-electron chi connectivity index (χ3n) is 6.26. The summed E-state index contributed by atoms with van der Waals surface area (Å²) in [5.74, 6) is -1.13. The number of aromatic nitrogens is 3. The maximum absolute atomic E-state index is 14.2. The Kier molecular flexibility index (Phi) is 7.12. The predicted octanol–water partition coefficient (Wildman–Crippen LogP) is 4.26. The standard InChI is InChI=1S/C28H21Cl2FN6O2/c1-14-7-23-24(8-15(14)2)35-28(39)26(34-23)20(17-5-4-6-18(31)9-17)12-32-27(38)25-21(29)10-19(11-22(25)30)37-13-33-16(3)36-37/h4-11,13H,12H2,1-3H3,(H,32,38)/b26-20+. The van der Waals surface area contributed by atoms with Crippen LogP contribution in [-0.4, -0.2) is 33.1 Å². The van der Waals surface area contributed by atoms with Gasteiger partial charge in [0.1, 0.15) is 23.7 Å². The molecule has 1 aliphatic heterocycles. The van der Waals surface area contributed by atoms with E-state index in [-0.39, 0.29) is 27.9 Å². The van der Waals surface area contributed by atoms with E-state index in [1.165, 1.54) is 29.2 Å². The van der Waals surface area contributed by atoms with Crippen molar-refractivity contribution in [1.82, 2.24) is 20.1 Å². The number of hydrogen-bond acceptors (Lipinski definition) is 5. The summed E-state index contributed by atoms with van der Waals surface area (Å²) in [4.78, 5) is 39.1. The number of nitrogens with one attached hydrogen (secondary N) is 1. The molecule has 0 bridgehead atoms. The molecule has 196 valence electrons. The molecule has 0 radical (unpaired) electrons. The topological polar surface area (TPSA) is 102 Å². The Labute approximate surface area is 232 Å². The normalized spacial score (nSPS) is 13.8. The van der Waals surface area contributed by atoms with Gasteiger partial charge in [0.25, 0.3) is 11.8 Å². The Balaban J connectivity index is 1.53. The van der Waals surface area contributed by atoms with Crippen molar-refractivity contribution in [3.05, 3.63) is 115 Å². The van der Waals surface area contributed by atoms with E-state index in [1.54, 1.807) is 31.2 Å². The number of fused-ring (bicyclic) bond motifs is 1. The summed E-state index contributed by atoms with van der Waals surface area (Å²) < 4.78 is 15.7. The third kappa shape index (κ3) is 5.36. The first-order chi connectivity index (χ1) is 18.6. The fraction of sp³-hybridized carbons (Fsp3) is 0.143. The van der Waals surface area contributed by atoms with Crippen LogP contribution in [-0.2, 0) is 4.79 Å². The fourth-order valence-corrected chi connectivity index (χ4v) is 4.77. The maximum Gasteiger partial charge on any atom is 0.296 e. The molecule has 2 heterocycles. The molecule has 39 heavy (non-hydrogen) atoms. The van der Waals surface area contributed by atoms with E-state index in [1.807, 2.05) is 19.9 Å². The molecule has 1 N–H and O–H groups in total. The van der Waals surface area contributed by atoms with Gasteiger partial charge in [-0.25, -0.2) is 24.0 Å². The molecular formula is C28H21Cl2FN6O2. The van der Waals surface area contributed by atoms with Crippen LogP contribution in [0.15, 0.2) is 70.5 Å². The number of nitrogens with zero attached hydrogens (tertiary/aromatic N) is 5. The van der Waals surface area contributed by atoms with Gasteiger partial charge in [0.15, 0.2) is 0 Å². The first-order valence-electron chi connectivity index (χ1n) is 11.8. The Hall–Kier alpha value is -4.21. The van der Waals surface area contributed by atoms with Gasteiger partial charge in [-0.05, 0) is 73.9 Å². The number of carbonyl (C=O) groups excluding carboxylic acids is 2. The Morgan fingerprint density at radius 3 is 2.26 bits per heavy atom. The lowest BCUT2D eigenvalue weighted by atomic mass is 10.0. The van der Waals surface area contributed by atoms with Crippen LogP contribution in [0.25, 0.3) is 11.3 Å². The number of carbonyl (C=O) groups is 2. The van der Waals surface area contributed by atoms with Crippen molar-refractivity contribution in [2.45, 2.75) is 20.8 Å². The molecule has 0 saturated heterocycles. The van der Waals surface area contributed by atoms with Crippen LogP contribution in [0, 0.1) is 26.6 Å². The lowest BCUT2D eigenvalue weighted by Gasteiger charge is -2.15. The van der Waals surface area contributed by atoms with E-state index < -0.39 is 17.6 Å². The van der Waals surface area contributed by atoms with Crippen molar-refractivity contribution >= 4 is 40.6 Å². The number of aryl methyl sites for hydroxylation is 3. The fourth-order valence-electron chi connectivity index (χ4n) is 4.13. The van der Waals surface area contributed by atoms with Crippen molar-refractivity contribution in [3.63, 3.8) is 0 Å². The first kappa shape index (κ1) is 26.4. The summed E-state index contributed by atoms with van der Waals surface area (Å²) in [6.45, 7) is 5.43. The zero-order valence-electron chi connectivity index (χ0n) is 21.1. The molecule has 1 aliphatic rings. The molecule has 0 fully saturated rings. The van der Waals surface area contributed by atoms with E-state index >= 15 is 0 Å². The van der Waals surface area contributed by atoms with Crippen molar-refractivity contribution in [1.29, 1.82) is 0 Å². The summed E-state index contributed by atoms with van der Waals surface area (Å²) in [6, 6.07) is 12.4. The smallest absolute Gasteiger partial charge is 0.296 e. The van der Waals surface area contributed by atoms with Gasteiger partial charge in [-0.1, -0.05) is 35.3 Å². The summed E-state index contributed by atoms with van der Waals surface area (Å²) in [5, 5.41) is 8.12. The van der Waals surface area contributed by atoms with Gasteiger partial charge in [-0.3, -0.25) is 9.59 Å². The van der Waals surface area contributed by atoms with Crippen molar-refractivity contribution in [2.24, 2.45) is 9.98 Å². The molecule has 11 heteroatoms. The third-order valence-corrected chi connectivity index (χ3v) is 6.85. The lowest BCUT2D eigenvalue weighted by Crippen LogP contribution is -2.33. The SMILES string of the molecule is Cc1ncn(-c2cc(Cl)c(C(=O)NC/C(=C3\N=c4cc(C)c(C)cc4=NC3=O)c3cccc(F)c3)c(Cl)c2)n1. The summed E-state index contributed by atoms with van der Waals surface area (Å²) in [5.41, 5.74) is 3.20. The highest BCUT2D eigenvalue weighted by atomic mass is 35.5. The molecule has 4 aromatic rings. The van der Waals surface area contributed by atoms with E-state index in [2.05, 4.69) is 25.4 Å². The maximum atomic E-state index is 14.2. The van der Waals surface area contributed by atoms with Gasteiger partial charge in [0.2, 0.25) is 0 Å². The Morgan fingerprint density at radius 2 is 1.64 bits per heavy atom. The van der Waals surface area contributed by atoms with Crippen molar-refractivity contribution in [3.8, 4) is 5.69 Å². The van der Waals surface area contributed by atoms with Crippen LogP contribution in [0.4, 0.5) is 4.39 Å². The zero-order valence-corrected chi connectivity index (χ0v) is 22.6. The number of hydrogen-bond donors (Lipinski definition) is 1. The molecule has 0 aliphatic carbocycles. The van der Waals surface area contributed by atoms with Gasteiger partial charge in [0, 0.05) is 12.1 Å². The molecule has 1 aromatic heterocycles. The van der Waals surface area contributed by atoms with Crippen LogP contribution >= 0.6 is 23.2 Å². The minimum Gasteiger partial charge on any atom is -0.348 e. The van der Waals surface area contributed by atoms with Crippen LogP contribution < -0.4 is 16.0 Å². The minimum atomic E-state index is -0.595. The summed E-state index contributed by atoms with van der Waals surface area (Å²) in [6.07, 6.45) is 1.51. The predicted molar refractivity (Wildman–Crippen MR) is 145 cm³/mol. The van der Waals surface area contributed by atoms with Crippen LogP contribution in [0.2, 0.25) is 10.0 Å². The molecule has 3 aromatic carbocycles. The van der Waals surface area contributed by atoms with Crippen LogP contribution in [0.5, 0.6) is 0 Å². The molecule has 5 rings (SSSR count). The number of halogens is 3. The van der Waals surface area contributed by atoms with Crippen LogP contribution in [0.1, 0.15) is 32.9 Å². The average molecular weight is 563 g/mol. The lowest BCUT2D eigenvalue weighted by molar-refractivity contribution is -0.114.